The summed E-state index contributed by atoms with van der Waals surface area (Å²) in [6.45, 7) is 1.29. The Labute approximate surface area is 116 Å². The molecule has 1 aromatic heterocycles. The van der Waals surface area contributed by atoms with Crippen LogP contribution in [-0.2, 0) is 17.9 Å². The van der Waals surface area contributed by atoms with E-state index in [-0.39, 0.29) is 12.5 Å². The average molecular weight is 275 g/mol. The molecule has 2 rings (SSSR count). The fourth-order valence-corrected chi connectivity index (χ4v) is 1.59. The molecule has 0 bridgehead atoms. The average Bonchev–Trinajstić information content (AvgIpc) is 2.92. The van der Waals surface area contributed by atoms with E-state index in [4.69, 9.17) is 10.5 Å². The summed E-state index contributed by atoms with van der Waals surface area (Å²) in [6, 6.07) is 9.45. The molecule has 0 spiro atoms. The van der Waals surface area contributed by atoms with Gasteiger partial charge in [0.05, 0.1) is 18.4 Å². The Morgan fingerprint density at radius 1 is 1.35 bits per heavy atom. The monoisotopic (exact) mass is 275 g/mol. The molecule has 1 heterocycles. The van der Waals surface area contributed by atoms with Crippen LogP contribution >= 0.6 is 0 Å². The maximum absolute atomic E-state index is 11.6. The van der Waals surface area contributed by atoms with E-state index in [1.807, 2.05) is 30.3 Å². The highest BCUT2D eigenvalue weighted by molar-refractivity contribution is 5.75. The molecule has 0 aliphatic heterocycles. The number of carbonyl (C=O) groups is 1. The highest BCUT2D eigenvalue weighted by Crippen LogP contribution is 2.07. The van der Waals surface area contributed by atoms with Crippen LogP contribution in [0.2, 0.25) is 0 Å². The summed E-state index contributed by atoms with van der Waals surface area (Å²) in [5.74, 6) is 0.640. The first-order valence-corrected chi connectivity index (χ1v) is 6.31. The molecule has 0 fully saturated rings. The van der Waals surface area contributed by atoms with E-state index in [9.17, 15) is 4.79 Å². The zero-order valence-corrected chi connectivity index (χ0v) is 11.0. The number of hydrogen-bond acceptors (Lipinski definition) is 5. The van der Waals surface area contributed by atoms with Crippen molar-refractivity contribution in [1.29, 1.82) is 0 Å². The molecule has 106 valence electrons. The van der Waals surface area contributed by atoms with Crippen molar-refractivity contribution in [3.8, 4) is 5.75 Å². The van der Waals surface area contributed by atoms with Crippen molar-refractivity contribution >= 4 is 5.91 Å². The molecule has 1 amide bonds. The first-order valence-electron chi connectivity index (χ1n) is 6.31. The molecule has 0 radical (unpaired) electrons. The van der Waals surface area contributed by atoms with Crippen LogP contribution in [0, 0.1) is 0 Å². The van der Waals surface area contributed by atoms with E-state index < -0.39 is 0 Å². The van der Waals surface area contributed by atoms with Gasteiger partial charge in [0.15, 0.2) is 0 Å². The van der Waals surface area contributed by atoms with Crippen molar-refractivity contribution in [3.05, 3.63) is 42.2 Å². The molecule has 0 aliphatic rings. The van der Waals surface area contributed by atoms with Gasteiger partial charge in [-0.2, -0.15) is 0 Å². The Kier molecular flexibility index (Phi) is 5.08. The Hall–Kier alpha value is -2.41. The number of hydrogen-bond donors (Lipinski definition) is 2. The van der Waals surface area contributed by atoms with Gasteiger partial charge in [-0.1, -0.05) is 23.4 Å². The van der Waals surface area contributed by atoms with E-state index >= 15 is 0 Å². The number of ether oxygens (including phenoxy) is 1. The molecular formula is C13H17N5O2. The molecule has 1 aromatic carbocycles. The number of nitrogens with two attached hydrogens (primary N) is 1. The molecule has 7 nitrogen and oxygen atoms in total. The van der Waals surface area contributed by atoms with Gasteiger partial charge in [0.25, 0.3) is 0 Å². The van der Waals surface area contributed by atoms with Crippen molar-refractivity contribution in [1.82, 2.24) is 20.3 Å². The lowest BCUT2D eigenvalue weighted by molar-refractivity contribution is -0.121. The summed E-state index contributed by atoms with van der Waals surface area (Å²) in [6.07, 6.45) is 1.65. The molecule has 7 heteroatoms. The predicted molar refractivity (Wildman–Crippen MR) is 72.9 cm³/mol. The largest absolute Gasteiger partial charge is 0.492 e. The van der Waals surface area contributed by atoms with Crippen LogP contribution in [0.25, 0.3) is 0 Å². The first-order chi connectivity index (χ1) is 9.78. The van der Waals surface area contributed by atoms with Crippen molar-refractivity contribution < 1.29 is 9.53 Å². The third kappa shape index (κ3) is 4.36. The molecule has 0 unspecified atom stereocenters. The maximum Gasteiger partial charge on any atom is 0.241 e. The van der Waals surface area contributed by atoms with E-state index in [2.05, 4.69) is 15.6 Å². The summed E-state index contributed by atoms with van der Waals surface area (Å²) >= 11 is 0. The molecule has 0 saturated heterocycles. The second-order valence-corrected chi connectivity index (χ2v) is 4.12. The topological polar surface area (TPSA) is 95.1 Å². The predicted octanol–water partition coefficient (Wildman–Crippen LogP) is -0.0680. The maximum atomic E-state index is 11.6. The second kappa shape index (κ2) is 7.25. The van der Waals surface area contributed by atoms with Gasteiger partial charge in [0, 0.05) is 6.54 Å². The third-order valence-corrected chi connectivity index (χ3v) is 2.54. The Morgan fingerprint density at radius 3 is 2.85 bits per heavy atom. The number of benzene rings is 1. The van der Waals surface area contributed by atoms with Gasteiger partial charge >= 0.3 is 0 Å². The minimum atomic E-state index is -0.143. The van der Waals surface area contributed by atoms with Gasteiger partial charge in [0.2, 0.25) is 5.91 Å². The van der Waals surface area contributed by atoms with E-state index in [0.717, 1.165) is 5.75 Å². The second-order valence-electron chi connectivity index (χ2n) is 4.12. The zero-order valence-electron chi connectivity index (χ0n) is 11.0. The SMILES string of the molecule is NCc1cn(CC(=O)NCCOc2ccccc2)nn1. The molecule has 2 aromatic rings. The summed E-state index contributed by atoms with van der Waals surface area (Å²) < 4.78 is 6.92. The van der Waals surface area contributed by atoms with Crippen molar-refractivity contribution in [2.24, 2.45) is 5.73 Å². The lowest BCUT2D eigenvalue weighted by Gasteiger charge is -2.07. The summed E-state index contributed by atoms with van der Waals surface area (Å²) in [7, 11) is 0. The number of aromatic nitrogens is 3. The molecular weight excluding hydrogens is 258 g/mol. The highest BCUT2D eigenvalue weighted by Gasteiger charge is 2.04. The standard InChI is InChI=1S/C13H17N5O2/c14-8-11-9-18(17-16-11)10-13(19)15-6-7-20-12-4-2-1-3-5-12/h1-5,9H,6-8,10,14H2,(H,15,19). The van der Waals surface area contributed by atoms with Crippen LogP contribution in [0.4, 0.5) is 0 Å². The molecule has 0 atom stereocenters. The van der Waals surface area contributed by atoms with Crippen LogP contribution in [-0.4, -0.2) is 34.1 Å². The number of nitrogens with zero attached hydrogens (tertiary/aromatic N) is 3. The molecule has 0 aliphatic carbocycles. The Bertz CT molecular complexity index is 541. The van der Waals surface area contributed by atoms with Crippen LogP contribution < -0.4 is 15.8 Å². The number of rotatable bonds is 7. The van der Waals surface area contributed by atoms with Gasteiger partial charge in [0.1, 0.15) is 18.9 Å². The minimum Gasteiger partial charge on any atom is -0.492 e. The summed E-state index contributed by atoms with van der Waals surface area (Å²) in [5.41, 5.74) is 6.07. The Morgan fingerprint density at radius 2 is 2.15 bits per heavy atom. The fraction of sp³-hybridized carbons (Fsp3) is 0.308. The summed E-state index contributed by atoms with van der Waals surface area (Å²) in [4.78, 5) is 11.6. The van der Waals surface area contributed by atoms with Gasteiger partial charge in [-0.3, -0.25) is 4.79 Å². The van der Waals surface area contributed by atoms with Gasteiger partial charge in [-0.05, 0) is 12.1 Å². The molecule has 20 heavy (non-hydrogen) atoms. The number of carbonyl (C=O) groups excluding carboxylic acids is 1. The smallest absolute Gasteiger partial charge is 0.241 e. The fourth-order valence-electron chi connectivity index (χ4n) is 1.59. The quantitative estimate of drug-likeness (QED) is 0.690. The van der Waals surface area contributed by atoms with Crippen LogP contribution in [0.5, 0.6) is 5.75 Å². The van der Waals surface area contributed by atoms with E-state index in [1.165, 1.54) is 4.68 Å². The minimum absolute atomic E-state index is 0.123. The Balaban J connectivity index is 1.65. The van der Waals surface area contributed by atoms with Crippen molar-refractivity contribution in [2.75, 3.05) is 13.2 Å². The van der Waals surface area contributed by atoms with Crippen LogP contribution in [0.3, 0.4) is 0 Å². The van der Waals surface area contributed by atoms with Crippen LogP contribution in [0.1, 0.15) is 5.69 Å². The third-order valence-electron chi connectivity index (χ3n) is 2.54. The van der Waals surface area contributed by atoms with Crippen molar-refractivity contribution in [2.45, 2.75) is 13.1 Å². The highest BCUT2D eigenvalue weighted by atomic mass is 16.5. The van der Waals surface area contributed by atoms with E-state index in [1.54, 1.807) is 6.20 Å². The lowest BCUT2D eigenvalue weighted by atomic mass is 10.3. The van der Waals surface area contributed by atoms with E-state index in [0.29, 0.717) is 25.4 Å². The van der Waals surface area contributed by atoms with Crippen LogP contribution in [0.15, 0.2) is 36.5 Å². The normalized spacial score (nSPS) is 10.2. The number of nitrogens with one attached hydrogen (secondary N) is 1. The molecule has 3 N–H and O–H groups in total. The lowest BCUT2D eigenvalue weighted by Crippen LogP contribution is -2.31. The van der Waals surface area contributed by atoms with Gasteiger partial charge in [-0.25, -0.2) is 4.68 Å². The van der Waals surface area contributed by atoms with Gasteiger partial charge in [-0.15, -0.1) is 5.10 Å². The zero-order chi connectivity index (χ0) is 14.2. The summed E-state index contributed by atoms with van der Waals surface area (Å²) in [5, 5.41) is 10.3. The van der Waals surface area contributed by atoms with Crippen molar-refractivity contribution in [3.63, 3.8) is 0 Å². The number of para-hydroxylation sites is 1. The first kappa shape index (κ1) is 14.0. The van der Waals surface area contributed by atoms with Gasteiger partial charge < -0.3 is 15.8 Å². The number of amides is 1. The molecule has 0 saturated carbocycles.